The van der Waals surface area contributed by atoms with Gasteiger partial charge < -0.3 is 9.72 Å². The quantitative estimate of drug-likeness (QED) is 0.475. The molecule has 5 heterocycles. The molecule has 0 aliphatic carbocycles. The summed E-state index contributed by atoms with van der Waals surface area (Å²) in [4.78, 5) is 14.4. The Morgan fingerprint density at radius 1 is 1.32 bits per heavy atom. The Morgan fingerprint density at radius 3 is 2.86 bits per heavy atom. The highest BCUT2D eigenvalue weighted by molar-refractivity contribution is 5.90. The molecular formula is C23H28N4O. The van der Waals surface area contributed by atoms with Crippen LogP contribution in [0.1, 0.15) is 24.1 Å². The first-order chi connectivity index (χ1) is 13.7. The average Bonchev–Trinajstić information content (AvgIpc) is 3.28. The molecule has 0 aromatic carbocycles. The molecule has 2 aromatic rings. The molecule has 28 heavy (non-hydrogen) atoms. The van der Waals surface area contributed by atoms with Crippen molar-refractivity contribution in [2.45, 2.75) is 31.4 Å². The molecule has 3 fully saturated rings. The van der Waals surface area contributed by atoms with Crippen LogP contribution in [0, 0.1) is 5.92 Å². The van der Waals surface area contributed by atoms with Gasteiger partial charge in [0, 0.05) is 37.4 Å². The number of pyridine rings is 1. The van der Waals surface area contributed by atoms with Gasteiger partial charge in [-0.25, -0.2) is 0 Å². The molecule has 2 atom stereocenters. The van der Waals surface area contributed by atoms with Crippen LogP contribution in [0.15, 0.2) is 66.6 Å². The van der Waals surface area contributed by atoms with Gasteiger partial charge in [0.2, 0.25) is 5.90 Å². The van der Waals surface area contributed by atoms with Crippen LogP contribution in [0.25, 0.3) is 5.57 Å². The minimum Gasteiger partial charge on any atom is -0.473 e. The van der Waals surface area contributed by atoms with Crippen LogP contribution >= 0.6 is 0 Å². The van der Waals surface area contributed by atoms with Gasteiger partial charge in [0.15, 0.2) is 0 Å². The lowest BCUT2D eigenvalue weighted by molar-refractivity contribution is -0.0634. The van der Waals surface area contributed by atoms with Gasteiger partial charge in [0.1, 0.15) is 6.10 Å². The number of piperidine rings is 3. The first-order valence-electron chi connectivity index (χ1n) is 10.0. The van der Waals surface area contributed by atoms with Gasteiger partial charge in [-0.3, -0.25) is 14.9 Å². The van der Waals surface area contributed by atoms with Crippen LogP contribution in [0.5, 0.6) is 0 Å². The molecule has 146 valence electrons. The van der Waals surface area contributed by atoms with E-state index in [4.69, 9.17) is 4.74 Å². The fraction of sp³-hybridized carbons (Fsp3) is 0.391. The maximum Gasteiger partial charge on any atom is 0.208 e. The van der Waals surface area contributed by atoms with Crippen LogP contribution in [-0.4, -0.2) is 53.0 Å². The van der Waals surface area contributed by atoms with Gasteiger partial charge >= 0.3 is 0 Å². The summed E-state index contributed by atoms with van der Waals surface area (Å²) in [6.07, 6.45) is 13.1. The Kier molecular flexibility index (Phi) is 5.72. The summed E-state index contributed by atoms with van der Waals surface area (Å²) in [7, 11) is 1.79. The lowest BCUT2D eigenvalue weighted by Gasteiger charge is -2.50. The van der Waals surface area contributed by atoms with Crippen LogP contribution in [-0.2, 0) is 11.2 Å². The number of rotatable bonds is 6. The van der Waals surface area contributed by atoms with Gasteiger partial charge in [-0.05, 0) is 73.7 Å². The van der Waals surface area contributed by atoms with E-state index in [2.05, 4.69) is 32.5 Å². The third kappa shape index (κ3) is 4.09. The monoisotopic (exact) mass is 376 g/mol. The van der Waals surface area contributed by atoms with E-state index in [0.717, 1.165) is 30.8 Å². The fourth-order valence-electron chi connectivity index (χ4n) is 4.38. The minimum atomic E-state index is 0.157. The highest BCUT2D eigenvalue weighted by Crippen LogP contribution is 2.36. The van der Waals surface area contributed by atoms with Crippen molar-refractivity contribution in [1.82, 2.24) is 14.9 Å². The molecule has 2 aromatic heterocycles. The van der Waals surface area contributed by atoms with Crippen LogP contribution < -0.4 is 0 Å². The Bertz CT molecular complexity index is 833. The predicted octanol–water partition coefficient (Wildman–Crippen LogP) is 3.73. The lowest BCUT2D eigenvalue weighted by Crippen LogP contribution is -2.59. The van der Waals surface area contributed by atoms with Crippen molar-refractivity contribution in [3.05, 3.63) is 72.8 Å². The largest absolute Gasteiger partial charge is 0.473 e. The minimum absolute atomic E-state index is 0.157. The summed E-state index contributed by atoms with van der Waals surface area (Å²) in [6.45, 7) is 6.44. The number of nitrogens with one attached hydrogen (secondary N) is 1. The fourth-order valence-corrected chi connectivity index (χ4v) is 4.38. The van der Waals surface area contributed by atoms with Crippen molar-refractivity contribution in [2.75, 3.05) is 20.1 Å². The van der Waals surface area contributed by atoms with Crippen LogP contribution in [0.3, 0.4) is 0 Å². The molecule has 2 bridgehead atoms. The Balaban J connectivity index is 1.47. The van der Waals surface area contributed by atoms with E-state index in [1.54, 1.807) is 7.05 Å². The number of hydrogen-bond acceptors (Lipinski definition) is 4. The number of aromatic nitrogens is 2. The normalized spacial score (nSPS) is 27.2. The summed E-state index contributed by atoms with van der Waals surface area (Å²) < 4.78 is 6.48. The number of H-pyrrole nitrogens is 1. The number of aliphatic imine (C=N–C) groups is 1. The molecule has 5 rings (SSSR count). The molecule has 5 heteroatoms. The van der Waals surface area contributed by atoms with Crippen molar-refractivity contribution in [2.24, 2.45) is 10.9 Å². The van der Waals surface area contributed by atoms with Crippen LogP contribution in [0.2, 0.25) is 0 Å². The van der Waals surface area contributed by atoms with E-state index in [1.165, 1.54) is 18.4 Å². The Morgan fingerprint density at radius 2 is 2.18 bits per heavy atom. The number of nitrogens with zero attached hydrogens (tertiary/aromatic N) is 3. The SMILES string of the molecule is C=C(/C=C\C(=NC)O[C@H]1C2CCN(CC2)[C@@H]1Cc1cccnc1)c1ccc[nH]1. The molecule has 1 N–H and O–H groups in total. The standard InChI is InChI=1S/C23H28N4O/c1-17(20-6-4-12-26-20)7-8-22(24-2)28-23-19-9-13-27(14-10-19)21(23)15-18-5-3-11-25-16-18/h3-8,11-12,16,19,21,23,26H,1,9-10,13-15H2,2H3/b8-7-,24-22?/t21-,23+/m1/s1. The number of hydrogen-bond donors (Lipinski definition) is 1. The summed E-state index contributed by atoms with van der Waals surface area (Å²) >= 11 is 0. The van der Waals surface area contributed by atoms with E-state index in [9.17, 15) is 0 Å². The van der Waals surface area contributed by atoms with Crippen molar-refractivity contribution in [3.63, 3.8) is 0 Å². The Labute approximate surface area is 166 Å². The molecule has 5 nitrogen and oxygen atoms in total. The van der Waals surface area contributed by atoms with Gasteiger partial charge in [-0.1, -0.05) is 12.6 Å². The van der Waals surface area contributed by atoms with E-state index in [1.807, 2.05) is 48.9 Å². The maximum absolute atomic E-state index is 6.48. The maximum atomic E-state index is 6.48. The zero-order chi connectivity index (χ0) is 19.3. The van der Waals surface area contributed by atoms with Crippen molar-refractivity contribution < 1.29 is 4.74 Å². The Hall–Kier alpha value is -2.66. The molecule has 3 saturated heterocycles. The van der Waals surface area contributed by atoms with E-state index < -0.39 is 0 Å². The second-order valence-corrected chi connectivity index (χ2v) is 7.59. The van der Waals surface area contributed by atoms with Gasteiger partial charge in [0.05, 0.1) is 6.04 Å². The molecule has 0 saturated carbocycles. The first kappa shape index (κ1) is 18.7. The molecule has 3 aliphatic rings. The highest BCUT2D eigenvalue weighted by Gasteiger charge is 2.43. The third-order valence-corrected chi connectivity index (χ3v) is 5.90. The summed E-state index contributed by atoms with van der Waals surface area (Å²) in [6, 6.07) is 8.51. The molecule has 0 amide bonds. The van der Waals surface area contributed by atoms with Gasteiger partial charge in [-0.2, -0.15) is 0 Å². The van der Waals surface area contributed by atoms with Gasteiger partial charge in [-0.15, -0.1) is 0 Å². The van der Waals surface area contributed by atoms with E-state index >= 15 is 0 Å². The predicted molar refractivity (Wildman–Crippen MR) is 113 cm³/mol. The van der Waals surface area contributed by atoms with Gasteiger partial charge in [0.25, 0.3) is 0 Å². The molecule has 0 radical (unpaired) electrons. The van der Waals surface area contributed by atoms with Crippen molar-refractivity contribution in [3.8, 4) is 0 Å². The first-order valence-corrected chi connectivity index (χ1v) is 10.0. The highest BCUT2D eigenvalue weighted by atomic mass is 16.5. The molecular weight excluding hydrogens is 348 g/mol. The average molecular weight is 377 g/mol. The third-order valence-electron chi connectivity index (χ3n) is 5.90. The van der Waals surface area contributed by atoms with Crippen LogP contribution in [0.4, 0.5) is 0 Å². The summed E-state index contributed by atoms with van der Waals surface area (Å²) in [5, 5.41) is 0. The zero-order valence-electron chi connectivity index (χ0n) is 16.4. The number of fused-ring (bicyclic) bond motifs is 3. The molecule has 3 aliphatic heterocycles. The number of aromatic amines is 1. The van der Waals surface area contributed by atoms with Crippen molar-refractivity contribution >= 4 is 11.5 Å². The second-order valence-electron chi connectivity index (χ2n) is 7.59. The zero-order valence-corrected chi connectivity index (χ0v) is 16.4. The lowest BCUT2D eigenvalue weighted by atomic mass is 9.78. The molecule has 0 unspecified atom stereocenters. The molecule has 0 spiro atoms. The van der Waals surface area contributed by atoms with E-state index in [0.29, 0.717) is 17.9 Å². The topological polar surface area (TPSA) is 53.5 Å². The number of allylic oxidation sites excluding steroid dienone is 2. The number of ether oxygens (including phenoxy) is 1. The van der Waals surface area contributed by atoms with E-state index in [-0.39, 0.29) is 6.10 Å². The smallest absolute Gasteiger partial charge is 0.208 e. The second kappa shape index (κ2) is 8.57. The summed E-state index contributed by atoms with van der Waals surface area (Å²) in [5.74, 6) is 1.26. The van der Waals surface area contributed by atoms with Crippen molar-refractivity contribution in [1.29, 1.82) is 0 Å². The summed E-state index contributed by atoms with van der Waals surface area (Å²) in [5.41, 5.74) is 3.18.